The molecule has 10 heavy (non-hydrogen) atoms. The van der Waals surface area contributed by atoms with Crippen molar-refractivity contribution in [2.24, 2.45) is 0 Å². The van der Waals surface area contributed by atoms with Crippen molar-refractivity contribution in [3.63, 3.8) is 0 Å². The summed E-state index contributed by atoms with van der Waals surface area (Å²) in [5.41, 5.74) is 0. The van der Waals surface area contributed by atoms with E-state index >= 15 is 0 Å². The Labute approximate surface area is 70.6 Å². The van der Waals surface area contributed by atoms with Crippen LogP contribution >= 0.6 is 0 Å². The summed E-state index contributed by atoms with van der Waals surface area (Å²) in [5, 5.41) is 0. The molecule has 1 nitrogen and oxygen atoms in total. The molecule has 1 rings (SSSR count). The van der Waals surface area contributed by atoms with Gasteiger partial charge in [0.2, 0.25) is 0 Å². The van der Waals surface area contributed by atoms with Gasteiger partial charge < -0.3 is 4.74 Å². The molecule has 1 fully saturated rings. The molecule has 4 heteroatoms. The molecule has 1 aliphatic heterocycles. The van der Waals surface area contributed by atoms with E-state index in [0.717, 1.165) is 6.61 Å². The summed E-state index contributed by atoms with van der Waals surface area (Å²) >= 11 is 0. The fraction of sp³-hybridized carbons (Fsp3) is 1.00. The lowest BCUT2D eigenvalue weighted by Crippen LogP contribution is -2.01. The lowest BCUT2D eigenvalue weighted by molar-refractivity contribution is 0.391. The highest BCUT2D eigenvalue weighted by molar-refractivity contribution is 7.23. The van der Waals surface area contributed by atoms with Gasteiger partial charge in [-0.05, 0) is 24.7 Å². The monoisotopic (exact) mass is 190 g/mol. The topological polar surface area (TPSA) is 12.5 Å². The number of epoxide rings is 1. The van der Waals surface area contributed by atoms with Crippen LogP contribution in [0.25, 0.3) is 0 Å². The van der Waals surface area contributed by atoms with Gasteiger partial charge in [0.15, 0.2) is 0 Å². The second-order valence-electron chi connectivity index (χ2n) is 3.16. The number of ether oxygens (including phenoxy) is 1. The van der Waals surface area contributed by atoms with Gasteiger partial charge in [0.1, 0.15) is 0 Å². The minimum Gasteiger partial charge on any atom is -0.373 e. The van der Waals surface area contributed by atoms with Crippen LogP contribution in [0.4, 0.5) is 0 Å². The molecule has 0 radical (unpaired) electrons. The summed E-state index contributed by atoms with van der Waals surface area (Å²) in [6.45, 7) is 1.06. The van der Waals surface area contributed by atoms with Crippen molar-refractivity contribution in [3.05, 3.63) is 0 Å². The molecule has 0 aromatic carbocycles. The molecule has 0 amide bonds. The average Bonchev–Trinajstić information content (AvgIpc) is 2.71. The minimum atomic E-state index is 0.557. The third kappa shape index (κ3) is 4.43. The Morgan fingerprint density at radius 2 is 2.30 bits per heavy atom. The first-order valence-corrected chi connectivity index (χ1v) is 15.2. The zero-order valence-corrected chi connectivity index (χ0v) is 11.8. The Bertz CT molecular complexity index is 85.1. The van der Waals surface area contributed by atoms with Crippen LogP contribution in [-0.2, 0) is 4.74 Å². The molecule has 0 N–H and O–H groups in total. The Balaban J connectivity index is 1.68. The maximum atomic E-state index is 5.14. The fourth-order valence-corrected chi connectivity index (χ4v) is 9.48. The molecule has 0 aromatic rings. The van der Waals surface area contributed by atoms with Crippen molar-refractivity contribution in [3.8, 4) is 0 Å². The second-order valence-corrected chi connectivity index (χ2v) is 19.7. The molecule has 1 unspecified atom stereocenters. The first-order valence-electron chi connectivity index (χ1n) is 4.55. The maximum Gasteiger partial charge on any atom is 0.0810 e. The zero-order chi connectivity index (χ0) is 7.23. The molecule has 1 atom stereocenters. The standard InChI is InChI=1S/C6H18OSi3/c8-10-9-4-2-1-3-6-5-7-6/h6H,1-5,9-10H2,8H3. The minimum absolute atomic E-state index is 0.557. The first-order chi connectivity index (χ1) is 4.93. The molecule has 0 spiro atoms. The largest absolute Gasteiger partial charge is 0.373 e. The first kappa shape index (κ1) is 8.70. The Hall–Kier alpha value is 0.611. The molecule has 1 heterocycles. The van der Waals surface area contributed by atoms with Crippen molar-refractivity contribution in [2.75, 3.05) is 6.61 Å². The van der Waals surface area contributed by atoms with Crippen LogP contribution in [0.1, 0.15) is 19.3 Å². The van der Waals surface area contributed by atoms with Gasteiger partial charge in [0.25, 0.3) is 0 Å². The van der Waals surface area contributed by atoms with Crippen molar-refractivity contribution in [2.45, 2.75) is 31.4 Å². The molecular weight excluding hydrogens is 172 g/mol. The van der Waals surface area contributed by atoms with Gasteiger partial charge >= 0.3 is 0 Å². The third-order valence-electron chi connectivity index (χ3n) is 2.03. The molecule has 1 aliphatic rings. The molecule has 0 bridgehead atoms. The predicted octanol–water partition coefficient (Wildman–Crippen LogP) is -1.49. The molecular formula is C6H18OSi3. The van der Waals surface area contributed by atoms with E-state index in [-0.39, 0.29) is 0 Å². The van der Waals surface area contributed by atoms with E-state index in [2.05, 4.69) is 0 Å². The SMILES string of the molecule is [SiH3][SiH2][SiH2]CCCCC1CO1. The highest BCUT2D eigenvalue weighted by atomic mass is 29.5. The number of unbranched alkanes of at least 4 members (excludes halogenated alkanes) is 1. The Morgan fingerprint density at radius 3 is 2.90 bits per heavy atom. The van der Waals surface area contributed by atoms with Crippen LogP contribution in [0.15, 0.2) is 0 Å². The molecule has 60 valence electrons. The summed E-state index contributed by atoms with van der Waals surface area (Å²) < 4.78 is 5.14. The van der Waals surface area contributed by atoms with E-state index in [9.17, 15) is 0 Å². The van der Waals surface area contributed by atoms with Crippen LogP contribution < -0.4 is 0 Å². The Kier molecular flexibility index (Phi) is 4.60. The van der Waals surface area contributed by atoms with Gasteiger partial charge in [-0.25, -0.2) is 0 Å². The van der Waals surface area contributed by atoms with E-state index in [1.54, 1.807) is 15.8 Å². The zero-order valence-electron chi connectivity index (χ0n) is 6.94. The summed E-state index contributed by atoms with van der Waals surface area (Å²) in [7, 11) is 2.78. The Morgan fingerprint density at radius 1 is 1.50 bits per heavy atom. The summed E-state index contributed by atoms with van der Waals surface area (Å²) in [6, 6.07) is 1.66. The van der Waals surface area contributed by atoms with Crippen molar-refractivity contribution < 1.29 is 4.74 Å². The highest BCUT2D eigenvalue weighted by Crippen LogP contribution is 2.16. The van der Waals surface area contributed by atoms with E-state index in [4.69, 9.17) is 4.74 Å². The number of rotatable bonds is 6. The average molecular weight is 190 g/mol. The van der Waals surface area contributed by atoms with Crippen LogP contribution in [0.3, 0.4) is 0 Å². The van der Waals surface area contributed by atoms with Gasteiger partial charge in [0, 0.05) is 9.04 Å². The summed E-state index contributed by atoms with van der Waals surface area (Å²) in [5.74, 6) is 0. The molecule has 0 saturated carbocycles. The van der Waals surface area contributed by atoms with E-state index in [0.29, 0.717) is 23.7 Å². The lowest BCUT2D eigenvalue weighted by Gasteiger charge is -1.95. The van der Waals surface area contributed by atoms with Gasteiger partial charge in [-0.2, -0.15) is 0 Å². The van der Waals surface area contributed by atoms with Gasteiger partial charge in [-0.3, -0.25) is 0 Å². The van der Waals surface area contributed by atoms with Gasteiger partial charge in [-0.15, -0.1) is 0 Å². The molecule has 0 aliphatic carbocycles. The fourth-order valence-electron chi connectivity index (χ4n) is 1.21. The quantitative estimate of drug-likeness (QED) is 0.282. The van der Waals surface area contributed by atoms with Crippen LogP contribution in [0.2, 0.25) is 6.04 Å². The van der Waals surface area contributed by atoms with E-state index in [1.165, 1.54) is 19.3 Å². The van der Waals surface area contributed by atoms with Crippen LogP contribution in [0, 0.1) is 0 Å². The summed E-state index contributed by atoms with van der Waals surface area (Å²) in [6.07, 6.45) is 5.03. The highest BCUT2D eigenvalue weighted by Gasteiger charge is 2.20. The van der Waals surface area contributed by atoms with E-state index in [1.807, 2.05) is 0 Å². The molecule has 0 aromatic heterocycles. The van der Waals surface area contributed by atoms with Gasteiger partial charge in [0.05, 0.1) is 12.7 Å². The molecule has 1 saturated heterocycles. The van der Waals surface area contributed by atoms with Crippen molar-refractivity contribution >= 4 is 27.4 Å². The second kappa shape index (κ2) is 5.29. The number of hydrogen-bond acceptors (Lipinski definition) is 1. The smallest absolute Gasteiger partial charge is 0.0810 e. The van der Waals surface area contributed by atoms with Crippen LogP contribution in [-0.4, -0.2) is 40.1 Å². The van der Waals surface area contributed by atoms with Crippen molar-refractivity contribution in [1.82, 2.24) is 0 Å². The van der Waals surface area contributed by atoms with Crippen LogP contribution in [0.5, 0.6) is 0 Å². The normalized spacial score (nSPS) is 25.8. The van der Waals surface area contributed by atoms with E-state index < -0.39 is 0 Å². The summed E-state index contributed by atoms with van der Waals surface area (Å²) in [4.78, 5) is 0. The third-order valence-corrected chi connectivity index (χ3v) is 13.7. The predicted molar refractivity (Wildman–Crippen MR) is 55.4 cm³/mol. The number of hydrogen-bond donors (Lipinski definition) is 0. The maximum absolute atomic E-state index is 5.14. The lowest BCUT2D eigenvalue weighted by atomic mass is 10.2. The van der Waals surface area contributed by atoms with Crippen molar-refractivity contribution in [1.29, 1.82) is 0 Å². The van der Waals surface area contributed by atoms with Gasteiger partial charge in [-0.1, -0.05) is 18.9 Å².